The summed E-state index contributed by atoms with van der Waals surface area (Å²) in [6.45, 7) is 0. The van der Waals surface area contributed by atoms with Crippen molar-refractivity contribution in [3.63, 3.8) is 0 Å². The van der Waals surface area contributed by atoms with Crippen LogP contribution in [-0.2, 0) is 5.28 Å². The minimum Gasteiger partial charge on any atom is -0.431 e. The number of halogens is 3. The maximum absolute atomic E-state index is 12.9. The molecule has 0 bridgehead atoms. The van der Waals surface area contributed by atoms with Gasteiger partial charge in [-0.25, -0.2) is 0 Å². The minimum atomic E-state index is -1.78. The first-order chi connectivity index (χ1) is 6.89. The van der Waals surface area contributed by atoms with Crippen LogP contribution in [0.2, 0.25) is 5.02 Å². The monoisotopic (exact) mass is 264 g/mol. The van der Waals surface area contributed by atoms with E-state index in [1.54, 1.807) is 0 Å². The molecule has 4 heteroatoms. The highest BCUT2D eigenvalue weighted by molar-refractivity contribution is 9.08. The van der Waals surface area contributed by atoms with Gasteiger partial charge in [0, 0.05) is 25.0 Å². The first kappa shape index (κ1) is 6.85. The van der Waals surface area contributed by atoms with Gasteiger partial charge in [0.15, 0.2) is 0 Å². The molecule has 0 saturated carbocycles. The van der Waals surface area contributed by atoms with Crippen LogP contribution < -0.4 is 0 Å². The van der Waals surface area contributed by atoms with Crippen LogP contribution in [0.5, 0.6) is 0 Å². The van der Waals surface area contributed by atoms with Crippen molar-refractivity contribution in [3.05, 3.63) is 34.8 Å². The maximum Gasteiger partial charge on any atom is 0.278 e. The van der Waals surface area contributed by atoms with Crippen LogP contribution in [0.3, 0.4) is 0 Å². The second-order valence-electron chi connectivity index (χ2n) is 2.48. The lowest BCUT2D eigenvalue weighted by Gasteiger charge is -1.97. The summed E-state index contributed by atoms with van der Waals surface area (Å²) >= 11 is 8.68. The average Bonchev–Trinajstić information content (AvgIpc) is 2.45. The smallest absolute Gasteiger partial charge is 0.278 e. The zero-order valence-electron chi connectivity index (χ0n) is 8.27. The molecule has 0 spiro atoms. The van der Waals surface area contributed by atoms with E-state index in [9.17, 15) is 4.39 Å². The predicted molar refractivity (Wildman–Crippen MR) is 53.8 cm³/mol. The van der Waals surface area contributed by atoms with Crippen LogP contribution in [0, 0.1) is 6.01 Å². The molecule has 0 saturated heterocycles. The van der Waals surface area contributed by atoms with Crippen LogP contribution in [0.25, 0.3) is 11.0 Å². The van der Waals surface area contributed by atoms with E-state index >= 15 is 0 Å². The highest BCUT2D eigenvalue weighted by atomic mass is 79.9. The molecule has 1 heterocycles. The molecule has 1 nitrogen and oxygen atoms in total. The van der Waals surface area contributed by atoms with Gasteiger partial charge in [-0.05, 0) is 6.07 Å². The molecule has 0 unspecified atom stereocenters. The van der Waals surface area contributed by atoms with E-state index in [1.807, 2.05) is 0 Å². The van der Waals surface area contributed by atoms with Crippen molar-refractivity contribution >= 4 is 38.5 Å². The molecule has 0 amide bonds. The molecule has 0 radical (unpaired) electrons. The molecule has 1 aromatic heterocycles. The van der Waals surface area contributed by atoms with E-state index in [2.05, 4.69) is 15.9 Å². The lowest BCUT2D eigenvalue weighted by molar-refractivity contribution is 0.380. The third-order valence-corrected chi connectivity index (χ3v) is 2.46. The van der Waals surface area contributed by atoms with E-state index in [0.717, 1.165) is 6.07 Å². The van der Waals surface area contributed by atoms with Crippen molar-refractivity contribution in [2.24, 2.45) is 0 Å². The summed E-state index contributed by atoms with van der Waals surface area (Å²) in [6.07, 6.45) is 0. The predicted octanol–water partition coefficient (Wildman–Crippen LogP) is 4.12. The number of benzene rings is 1. The minimum absolute atomic E-state index is 0.127. The molecule has 2 aromatic rings. The number of hydrogen-bond donors (Lipinski definition) is 0. The van der Waals surface area contributed by atoms with Crippen molar-refractivity contribution in [1.82, 2.24) is 0 Å². The fraction of sp³-hybridized carbons (Fsp3) is 0.111. The van der Waals surface area contributed by atoms with Gasteiger partial charge in [-0.3, -0.25) is 0 Å². The van der Waals surface area contributed by atoms with Crippen molar-refractivity contribution < 1.29 is 11.5 Å². The first-order valence-corrected chi connectivity index (χ1v) is 4.63. The fourth-order valence-electron chi connectivity index (χ4n) is 1.13. The number of fused-ring (bicyclic) bond motifs is 1. The standard InChI is InChI=1S/C9H5BrClFO/c10-4-5-1-2-7(11)6-3-8(12)13-9(5)6/h1-3H,4H2/i4D2. The average molecular weight is 266 g/mol. The van der Waals surface area contributed by atoms with Gasteiger partial charge in [0.1, 0.15) is 5.58 Å². The van der Waals surface area contributed by atoms with Gasteiger partial charge in [-0.15, -0.1) is 0 Å². The summed E-state index contributed by atoms with van der Waals surface area (Å²) in [5, 5.41) is -1.08. The Labute approximate surface area is 90.4 Å². The van der Waals surface area contributed by atoms with E-state index in [0.29, 0.717) is 10.4 Å². The summed E-state index contributed by atoms with van der Waals surface area (Å²) < 4.78 is 32.7. The van der Waals surface area contributed by atoms with E-state index in [4.69, 9.17) is 18.8 Å². The zero-order chi connectivity index (χ0) is 11.2. The molecule has 0 atom stereocenters. The van der Waals surface area contributed by atoms with Crippen molar-refractivity contribution in [3.8, 4) is 0 Å². The molecule has 0 aliphatic heterocycles. The number of furan rings is 1. The molecule has 1 aromatic carbocycles. The third-order valence-electron chi connectivity index (χ3n) is 1.70. The molecule has 68 valence electrons. The number of alkyl halides is 1. The maximum atomic E-state index is 12.9. The number of hydrogen-bond acceptors (Lipinski definition) is 1. The molecular weight excluding hydrogens is 258 g/mol. The summed E-state index contributed by atoms with van der Waals surface area (Å²) in [6, 6.07) is 3.33. The van der Waals surface area contributed by atoms with Gasteiger partial charge in [0.05, 0.1) is 5.02 Å². The van der Waals surface area contributed by atoms with Crippen molar-refractivity contribution in [1.29, 1.82) is 0 Å². The molecule has 13 heavy (non-hydrogen) atoms. The number of rotatable bonds is 1. The SMILES string of the molecule is [2H]C([2H])(Br)c1ccc(Cl)c2cc(F)oc12. The van der Waals surface area contributed by atoms with Crippen LogP contribution in [0.1, 0.15) is 8.30 Å². The quantitative estimate of drug-likeness (QED) is 0.707. The van der Waals surface area contributed by atoms with Crippen molar-refractivity contribution in [2.75, 3.05) is 0 Å². The van der Waals surface area contributed by atoms with Crippen LogP contribution in [0.4, 0.5) is 4.39 Å². The highest BCUT2D eigenvalue weighted by Crippen LogP contribution is 2.30. The molecule has 0 aliphatic rings. The first-order valence-electron chi connectivity index (χ1n) is 4.46. The summed E-state index contributed by atoms with van der Waals surface area (Å²) in [7, 11) is 0. The second-order valence-corrected chi connectivity index (χ2v) is 3.29. The molecule has 0 fully saturated rings. The molecule has 2 rings (SSSR count). The Hall–Kier alpha value is -0.540. The Morgan fingerprint density at radius 1 is 1.62 bits per heavy atom. The Balaban J connectivity index is 2.83. The lowest BCUT2D eigenvalue weighted by Crippen LogP contribution is -1.77. The van der Waals surface area contributed by atoms with Gasteiger partial charge in [0.2, 0.25) is 0 Å². The summed E-state index contributed by atoms with van der Waals surface area (Å²) in [5.74, 6) is 0. The topological polar surface area (TPSA) is 13.1 Å². The van der Waals surface area contributed by atoms with E-state index in [1.165, 1.54) is 12.1 Å². The van der Waals surface area contributed by atoms with Gasteiger partial charge in [0.25, 0.3) is 6.01 Å². The Morgan fingerprint density at radius 2 is 2.38 bits per heavy atom. The van der Waals surface area contributed by atoms with Gasteiger partial charge < -0.3 is 4.42 Å². The zero-order valence-corrected chi connectivity index (χ0v) is 8.62. The van der Waals surface area contributed by atoms with Gasteiger partial charge in [-0.1, -0.05) is 33.6 Å². The normalized spacial score (nSPS) is 14.4. The van der Waals surface area contributed by atoms with E-state index in [-0.39, 0.29) is 11.1 Å². The fourth-order valence-corrected chi connectivity index (χ4v) is 1.65. The third kappa shape index (κ3) is 1.46. The van der Waals surface area contributed by atoms with Gasteiger partial charge in [-0.2, -0.15) is 4.39 Å². The summed E-state index contributed by atoms with van der Waals surface area (Å²) in [5.41, 5.74) is 0.340. The van der Waals surface area contributed by atoms with Crippen LogP contribution in [-0.4, -0.2) is 0 Å². The van der Waals surface area contributed by atoms with Crippen LogP contribution in [0.15, 0.2) is 22.6 Å². The van der Waals surface area contributed by atoms with Crippen LogP contribution >= 0.6 is 27.5 Å². The lowest BCUT2D eigenvalue weighted by atomic mass is 10.2. The molecule has 0 aliphatic carbocycles. The van der Waals surface area contributed by atoms with E-state index < -0.39 is 11.3 Å². The Bertz CT molecular complexity index is 521. The summed E-state index contributed by atoms with van der Waals surface area (Å²) in [4.78, 5) is 0. The second kappa shape index (κ2) is 3.31. The van der Waals surface area contributed by atoms with Gasteiger partial charge >= 0.3 is 0 Å². The molecule has 0 N–H and O–H groups in total. The molecular formula is C9H5BrClFO. The van der Waals surface area contributed by atoms with Crippen molar-refractivity contribution in [2.45, 2.75) is 5.28 Å². The Kier molecular flexibility index (Phi) is 1.74. The Morgan fingerprint density at radius 3 is 3.08 bits per heavy atom. The highest BCUT2D eigenvalue weighted by Gasteiger charge is 2.10. The largest absolute Gasteiger partial charge is 0.431 e.